The van der Waals surface area contributed by atoms with Crippen LogP contribution in [0.15, 0.2) is 12.2 Å². The number of unbranched alkanes of at least 4 members (excludes halogenated alkanes) is 27. The first kappa shape index (κ1) is 54.8. The molecule has 0 saturated heterocycles. The number of hydrogen-bond acceptors (Lipinski definition) is 7. The maximum absolute atomic E-state index is 12.7. The van der Waals surface area contributed by atoms with E-state index in [4.69, 9.17) is 18.5 Å². The van der Waals surface area contributed by atoms with E-state index in [1.54, 1.807) is 0 Å². The van der Waals surface area contributed by atoms with Gasteiger partial charge in [0.15, 0.2) is 6.10 Å². The molecule has 1 unspecified atom stereocenters. The highest BCUT2D eigenvalue weighted by atomic mass is 31.2. The summed E-state index contributed by atoms with van der Waals surface area (Å²) in [6.07, 6.45) is 41.1. The number of ether oxygens (including phenoxy) is 2. The summed E-state index contributed by atoms with van der Waals surface area (Å²) in [6, 6.07) is 0. The molecule has 0 aliphatic rings. The lowest BCUT2D eigenvalue weighted by Crippen LogP contribution is -2.37. The van der Waals surface area contributed by atoms with Crippen LogP contribution in [0.5, 0.6) is 0 Å². The highest BCUT2D eigenvalue weighted by molar-refractivity contribution is 7.47. The Morgan fingerprint density at radius 1 is 0.536 bits per heavy atom. The molecule has 0 heterocycles. The third kappa shape index (κ3) is 42.4. The summed E-state index contributed by atoms with van der Waals surface area (Å²) in [6.45, 7) is 4.44. The Morgan fingerprint density at radius 2 is 0.911 bits per heavy atom. The van der Waals surface area contributed by atoms with Crippen molar-refractivity contribution < 1.29 is 42.1 Å². The van der Waals surface area contributed by atoms with Gasteiger partial charge in [-0.1, -0.05) is 180 Å². The highest BCUT2D eigenvalue weighted by Crippen LogP contribution is 2.43. The van der Waals surface area contributed by atoms with Crippen molar-refractivity contribution in [2.24, 2.45) is 0 Å². The summed E-state index contributed by atoms with van der Waals surface area (Å²) < 4.78 is 34.4. The smallest absolute Gasteiger partial charge is 0.462 e. The molecule has 0 radical (unpaired) electrons. The van der Waals surface area contributed by atoms with Gasteiger partial charge in [-0.15, -0.1) is 0 Å². The number of carbonyl (C=O) groups excluding carboxylic acids is 2. The molecule has 0 aliphatic heterocycles. The van der Waals surface area contributed by atoms with Crippen molar-refractivity contribution in [3.63, 3.8) is 0 Å². The lowest BCUT2D eigenvalue weighted by Gasteiger charge is -2.24. The van der Waals surface area contributed by atoms with E-state index >= 15 is 0 Å². The van der Waals surface area contributed by atoms with Crippen LogP contribution in [0.25, 0.3) is 0 Å². The molecule has 0 aromatic carbocycles. The van der Waals surface area contributed by atoms with Crippen LogP contribution >= 0.6 is 7.82 Å². The molecule has 0 amide bonds. The van der Waals surface area contributed by atoms with Crippen molar-refractivity contribution in [2.45, 2.75) is 225 Å². The van der Waals surface area contributed by atoms with Gasteiger partial charge in [0.1, 0.15) is 19.8 Å². The predicted octanol–water partition coefficient (Wildman–Crippen LogP) is 13.4. The second-order valence-electron chi connectivity index (χ2n) is 17.1. The fraction of sp³-hybridized carbons (Fsp3) is 0.913. The fourth-order valence-electron chi connectivity index (χ4n) is 6.60. The van der Waals surface area contributed by atoms with E-state index in [0.29, 0.717) is 23.9 Å². The molecule has 0 aromatic heterocycles. The van der Waals surface area contributed by atoms with E-state index < -0.39 is 26.5 Å². The Labute approximate surface area is 346 Å². The van der Waals surface area contributed by atoms with Crippen LogP contribution in [0.4, 0.5) is 0 Å². The van der Waals surface area contributed by atoms with Crippen LogP contribution < -0.4 is 0 Å². The van der Waals surface area contributed by atoms with Crippen molar-refractivity contribution in [3.05, 3.63) is 12.2 Å². The summed E-state index contributed by atoms with van der Waals surface area (Å²) in [5, 5.41) is 0. The van der Waals surface area contributed by atoms with Crippen molar-refractivity contribution in [3.8, 4) is 0 Å². The number of likely N-dealkylation sites (N-methyl/N-ethyl adjacent to an activating group) is 1. The molecular weight excluding hydrogens is 725 g/mol. The summed E-state index contributed by atoms with van der Waals surface area (Å²) >= 11 is 0. The molecule has 0 rings (SSSR count). The zero-order chi connectivity index (χ0) is 41.4. The van der Waals surface area contributed by atoms with Gasteiger partial charge in [-0.2, -0.15) is 0 Å². The molecule has 10 heteroatoms. The van der Waals surface area contributed by atoms with E-state index in [1.807, 2.05) is 21.1 Å². The average molecular weight is 817 g/mol. The Kier molecular flexibility index (Phi) is 38.3. The number of esters is 2. The van der Waals surface area contributed by atoms with Crippen molar-refractivity contribution in [1.29, 1.82) is 0 Å². The molecule has 0 spiro atoms. The van der Waals surface area contributed by atoms with Crippen molar-refractivity contribution >= 4 is 19.8 Å². The molecule has 56 heavy (non-hydrogen) atoms. The Hall–Kier alpha value is -1.25. The molecule has 0 aromatic rings. The standard InChI is InChI=1S/C46H90NO8P/c1-6-8-10-12-14-16-18-20-22-23-25-27-29-31-33-35-37-39-46(49)55-44(43-54-56(50,51)53-41-40-47(3,4)5)42-52-45(48)38-36-34-32-30-28-26-24-21-19-17-15-13-11-9-7-2/h14,16,44H,6-13,15,17-43H2,1-5H3/p+1/b16-14-/t44-/m1/s1. The molecule has 0 saturated carbocycles. The van der Waals surface area contributed by atoms with E-state index in [9.17, 15) is 19.0 Å². The average Bonchev–Trinajstić information content (AvgIpc) is 3.15. The molecule has 1 N–H and O–H groups in total. The molecule has 0 fully saturated rings. The first-order valence-corrected chi connectivity index (χ1v) is 24.9. The summed E-state index contributed by atoms with van der Waals surface area (Å²) in [7, 11) is 1.49. The van der Waals surface area contributed by atoms with Crippen molar-refractivity contribution in [2.75, 3.05) is 47.5 Å². The third-order valence-electron chi connectivity index (χ3n) is 10.3. The first-order chi connectivity index (χ1) is 27.0. The largest absolute Gasteiger partial charge is 0.472 e. The number of phosphoric acid groups is 1. The van der Waals surface area contributed by atoms with Crippen LogP contribution in [-0.2, 0) is 32.7 Å². The summed E-state index contributed by atoms with van der Waals surface area (Å²) in [5.74, 6) is -0.788. The zero-order valence-electron chi connectivity index (χ0n) is 37.4. The van der Waals surface area contributed by atoms with Gasteiger partial charge in [-0.3, -0.25) is 18.6 Å². The highest BCUT2D eigenvalue weighted by Gasteiger charge is 2.27. The SMILES string of the molecule is CCCCC/C=C\CCCCCCCCCCCCC(=O)O[C@H](COC(=O)CCCCCCCCCCCCCCCCC)COP(=O)(O)OCC[N+](C)(C)C. The van der Waals surface area contributed by atoms with Gasteiger partial charge in [-0.25, -0.2) is 4.57 Å². The Bertz CT molecular complexity index is 969. The van der Waals surface area contributed by atoms with Gasteiger partial charge in [0.2, 0.25) is 0 Å². The second-order valence-corrected chi connectivity index (χ2v) is 18.6. The minimum atomic E-state index is -4.37. The molecule has 0 bridgehead atoms. The van der Waals surface area contributed by atoms with Crippen molar-refractivity contribution in [1.82, 2.24) is 0 Å². The maximum atomic E-state index is 12.7. The fourth-order valence-corrected chi connectivity index (χ4v) is 7.34. The van der Waals surface area contributed by atoms with E-state index in [1.165, 1.54) is 154 Å². The predicted molar refractivity (Wildman–Crippen MR) is 234 cm³/mol. The second kappa shape index (κ2) is 39.2. The minimum Gasteiger partial charge on any atom is -0.462 e. The van der Waals surface area contributed by atoms with Crippen LogP contribution in [0.1, 0.15) is 219 Å². The molecule has 9 nitrogen and oxygen atoms in total. The van der Waals surface area contributed by atoms with E-state index in [0.717, 1.165) is 32.1 Å². The Morgan fingerprint density at radius 3 is 1.36 bits per heavy atom. The summed E-state index contributed by atoms with van der Waals surface area (Å²) in [5.41, 5.74) is 0. The number of carbonyl (C=O) groups is 2. The number of phosphoric ester groups is 1. The third-order valence-corrected chi connectivity index (χ3v) is 11.3. The van der Waals surface area contributed by atoms with Gasteiger partial charge < -0.3 is 18.9 Å². The van der Waals surface area contributed by atoms with E-state index in [-0.39, 0.29) is 25.6 Å². The topological polar surface area (TPSA) is 108 Å². The lowest BCUT2D eigenvalue weighted by molar-refractivity contribution is -0.870. The van der Waals surface area contributed by atoms with Gasteiger partial charge >= 0.3 is 19.8 Å². The van der Waals surface area contributed by atoms with Gasteiger partial charge in [0.25, 0.3) is 0 Å². The van der Waals surface area contributed by atoms with Crippen LogP contribution in [0, 0.1) is 0 Å². The monoisotopic (exact) mass is 817 g/mol. The summed E-state index contributed by atoms with van der Waals surface area (Å²) in [4.78, 5) is 35.4. The van der Waals surface area contributed by atoms with Crippen LogP contribution in [0.3, 0.4) is 0 Å². The van der Waals surface area contributed by atoms with Gasteiger partial charge in [-0.05, 0) is 38.5 Å². The lowest BCUT2D eigenvalue weighted by atomic mass is 10.0. The zero-order valence-corrected chi connectivity index (χ0v) is 38.3. The number of allylic oxidation sites excluding steroid dienone is 2. The number of rotatable bonds is 43. The Balaban J connectivity index is 4.29. The van der Waals surface area contributed by atoms with Crippen LogP contribution in [-0.4, -0.2) is 74.9 Å². The maximum Gasteiger partial charge on any atom is 0.472 e. The first-order valence-electron chi connectivity index (χ1n) is 23.4. The number of hydrogen-bond donors (Lipinski definition) is 1. The van der Waals surface area contributed by atoms with Crippen LogP contribution in [0.2, 0.25) is 0 Å². The molecular formula is C46H91NO8P+. The van der Waals surface area contributed by atoms with E-state index in [2.05, 4.69) is 26.0 Å². The quantitative estimate of drug-likeness (QED) is 0.0213. The molecule has 2 atom stereocenters. The number of nitrogens with zero attached hydrogens (tertiary/aromatic N) is 1. The normalized spacial score (nSPS) is 13.6. The van der Waals surface area contributed by atoms with Gasteiger partial charge in [0.05, 0.1) is 27.7 Å². The molecule has 332 valence electrons. The minimum absolute atomic E-state index is 0.0348. The van der Waals surface area contributed by atoms with Gasteiger partial charge in [0, 0.05) is 12.8 Å². The molecule has 0 aliphatic carbocycles. The number of quaternary nitrogens is 1.